The maximum Gasteiger partial charge on any atom is 0.361 e. The van der Waals surface area contributed by atoms with E-state index >= 15 is 0 Å². The van der Waals surface area contributed by atoms with Crippen molar-refractivity contribution >= 4 is 73.5 Å². The van der Waals surface area contributed by atoms with Gasteiger partial charge in [0.1, 0.15) is 31.8 Å². The Labute approximate surface area is 375 Å². The highest BCUT2D eigenvalue weighted by atomic mass is 35.5. The van der Waals surface area contributed by atoms with Crippen molar-refractivity contribution in [3.05, 3.63) is 178 Å². The number of hydrogen-bond acceptors (Lipinski definition) is 15. The molecule has 0 saturated carbocycles. The van der Waals surface area contributed by atoms with Crippen LogP contribution in [0.3, 0.4) is 0 Å². The van der Waals surface area contributed by atoms with Gasteiger partial charge < -0.3 is 24.4 Å². The van der Waals surface area contributed by atoms with E-state index in [0.717, 1.165) is 58.3 Å². The molecule has 0 spiro atoms. The van der Waals surface area contributed by atoms with Gasteiger partial charge in [0, 0.05) is 26.0 Å². The number of allylic oxidation sites excluding steroid dienone is 9. The minimum Gasteiger partial charge on any atom is -0.744 e. The molecule has 2 heterocycles. The molecule has 324 valence electrons. The first-order valence-electron chi connectivity index (χ1n) is 18.4. The highest BCUT2D eigenvalue weighted by Crippen LogP contribution is 2.37. The van der Waals surface area contributed by atoms with Gasteiger partial charge in [-0.3, -0.25) is 10.1 Å². The SMILES string of the molecule is O=S(=O)([O-])c1ccc(C2=CC(=C/C=C3\CCCC(/C=C/c4cc(-c5ccc(SOO[O-])cc5)[o+]c(-c5ccc(SOO[O-])cc5)c4)=C3Cl)C=C(c3ccc(S(=O)(=O)[O-])cc3)O2)cc1. The molecule has 1 aromatic heterocycles. The van der Waals surface area contributed by atoms with Gasteiger partial charge in [-0.1, -0.05) is 35.9 Å². The molecule has 4 aromatic carbocycles. The molecule has 14 nitrogen and oxygen atoms in total. The number of benzene rings is 4. The molecule has 0 atom stereocenters. The van der Waals surface area contributed by atoms with Crippen LogP contribution in [0.5, 0.6) is 0 Å². The molecule has 0 amide bonds. The van der Waals surface area contributed by atoms with Gasteiger partial charge in [-0.05, 0) is 151 Å². The predicted molar refractivity (Wildman–Crippen MR) is 228 cm³/mol. The van der Waals surface area contributed by atoms with Gasteiger partial charge in [0.25, 0.3) is 0 Å². The van der Waals surface area contributed by atoms with E-state index in [0.29, 0.717) is 67.4 Å². The summed E-state index contributed by atoms with van der Waals surface area (Å²) in [4.78, 5) is 0.443. The van der Waals surface area contributed by atoms with Crippen molar-refractivity contribution in [1.29, 1.82) is 0 Å². The summed E-state index contributed by atoms with van der Waals surface area (Å²) in [7, 11) is -9.38. The maximum atomic E-state index is 11.6. The van der Waals surface area contributed by atoms with Gasteiger partial charge in [0.05, 0.1) is 57.1 Å². The maximum absolute atomic E-state index is 11.6. The van der Waals surface area contributed by atoms with E-state index in [1.165, 1.54) is 48.5 Å². The highest BCUT2D eigenvalue weighted by Gasteiger charge is 2.21. The summed E-state index contributed by atoms with van der Waals surface area (Å²) in [5.74, 6) is 1.70. The van der Waals surface area contributed by atoms with Gasteiger partial charge in [0.2, 0.25) is 0 Å². The fourth-order valence-electron chi connectivity index (χ4n) is 6.43. The van der Waals surface area contributed by atoms with Crippen LogP contribution in [0.15, 0.2) is 185 Å². The first kappa shape index (κ1) is 45.9. The summed E-state index contributed by atoms with van der Waals surface area (Å²) in [6, 6.07) is 28.4. The zero-order valence-corrected chi connectivity index (χ0v) is 36.2. The zero-order valence-electron chi connectivity index (χ0n) is 32.2. The Morgan fingerprint density at radius 2 is 1.08 bits per heavy atom. The largest absolute Gasteiger partial charge is 0.744 e. The second-order valence-corrected chi connectivity index (χ2v) is 18.3. The second-order valence-electron chi connectivity index (χ2n) is 13.6. The Kier molecular flexibility index (Phi) is 15.0. The molecule has 0 fully saturated rings. The molecule has 7 rings (SSSR count). The summed E-state index contributed by atoms with van der Waals surface area (Å²) in [6.45, 7) is 0. The van der Waals surface area contributed by atoms with Gasteiger partial charge in [-0.15, -0.1) is 0 Å². The van der Waals surface area contributed by atoms with Crippen molar-refractivity contribution in [2.45, 2.75) is 38.8 Å². The van der Waals surface area contributed by atoms with Crippen LogP contribution in [0.1, 0.15) is 36.0 Å². The zero-order chi connectivity index (χ0) is 44.6. The van der Waals surface area contributed by atoms with E-state index in [9.17, 15) is 36.5 Å². The molecule has 0 N–H and O–H groups in total. The van der Waals surface area contributed by atoms with Gasteiger partial charge >= 0.3 is 11.5 Å². The van der Waals surface area contributed by atoms with Gasteiger partial charge in [0.15, 0.2) is 0 Å². The van der Waals surface area contributed by atoms with Gasteiger partial charge in [-0.2, -0.15) is 8.67 Å². The fraction of sp³-hybridized carbons (Fsp3) is 0.0682. The molecule has 63 heavy (non-hydrogen) atoms. The van der Waals surface area contributed by atoms with Crippen molar-refractivity contribution in [2.75, 3.05) is 0 Å². The fourth-order valence-corrected chi connectivity index (χ4v) is 8.40. The lowest BCUT2D eigenvalue weighted by atomic mass is 9.93. The second kappa shape index (κ2) is 20.6. The molecule has 1 aliphatic carbocycles. The third kappa shape index (κ3) is 12.1. The molecule has 2 aliphatic rings. The van der Waals surface area contributed by atoms with E-state index in [-0.39, 0.29) is 0 Å². The number of rotatable bonds is 15. The van der Waals surface area contributed by atoms with Crippen molar-refractivity contribution in [3.8, 4) is 22.6 Å². The van der Waals surface area contributed by atoms with Crippen LogP contribution < -0.4 is 10.5 Å². The molecular weight excluding hydrogens is 916 g/mol. The lowest BCUT2D eigenvalue weighted by Crippen LogP contribution is -2.03. The molecule has 5 aromatic rings. The highest BCUT2D eigenvalue weighted by molar-refractivity contribution is 7.94. The minimum atomic E-state index is -4.69. The summed E-state index contributed by atoms with van der Waals surface area (Å²) in [6.07, 6.45) is 13.2. The molecule has 0 bridgehead atoms. The molecule has 0 radical (unpaired) electrons. The van der Waals surface area contributed by atoms with E-state index in [1.54, 1.807) is 36.4 Å². The van der Waals surface area contributed by atoms with Crippen molar-refractivity contribution < 1.29 is 64.4 Å². The first-order chi connectivity index (χ1) is 30.3. The lowest BCUT2D eigenvalue weighted by molar-refractivity contribution is -0.777. The minimum absolute atomic E-state index is 0.310. The summed E-state index contributed by atoms with van der Waals surface area (Å²) in [5.41, 5.74) is 5.59. The van der Waals surface area contributed by atoms with Crippen molar-refractivity contribution in [3.63, 3.8) is 0 Å². The first-order valence-corrected chi connectivity index (χ1v) is 23.1. The average Bonchev–Trinajstić information content (AvgIpc) is 3.29. The smallest absolute Gasteiger partial charge is 0.361 e. The van der Waals surface area contributed by atoms with Gasteiger partial charge in [-0.25, -0.2) is 21.3 Å². The van der Waals surface area contributed by atoms with Crippen LogP contribution in [-0.4, -0.2) is 25.9 Å². The van der Waals surface area contributed by atoms with Crippen LogP contribution in [0.25, 0.3) is 40.2 Å². The van der Waals surface area contributed by atoms with Crippen LogP contribution in [0, 0.1) is 0 Å². The van der Waals surface area contributed by atoms with Crippen LogP contribution in [-0.2, 0) is 43.7 Å². The average molecular weight is 946 g/mol. The van der Waals surface area contributed by atoms with E-state index in [2.05, 4.69) is 18.7 Å². The van der Waals surface area contributed by atoms with Crippen LogP contribution in [0.4, 0.5) is 0 Å². The molecule has 0 saturated heterocycles. The molecule has 0 unspecified atom stereocenters. The Morgan fingerprint density at radius 1 is 0.619 bits per heavy atom. The summed E-state index contributed by atoms with van der Waals surface area (Å²) in [5, 5.41) is 28.1. The lowest BCUT2D eigenvalue weighted by Gasteiger charge is -2.20. The quantitative estimate of drug-likeness (QED) is 0.0315. The Morgan fingerprint density at radius 3 is 1.52 bits per heavy atom. The van der Waals surface area contributed by atoms with E-state index in [1.807, 2.05) is 60.7 Å². The monoisotopic (exact) mass is 945 g/mol. The Balaban J connectivity index is 1.21. The van der Waals surface area contributed by atoms with E-state index in [4.69, 9.17) is 20.8 Å². The summed E-state index contributed by atoms with van der Waals surface area (Å²) >= 11 is 8.60. The number of ether oxygens (including phenoxy) is 1. The predicted octanol–water partition coefficient (Wildman–Crippen LogP) is 8.82. The third-order valence-electron chi connectivity index (χ3n) is 9.49. The summed E-state index contributed by atoms with van der Waals surface area (Å²) < 4.78 is 90.8. The van der Waals surface area contributed by atoms with Crippen molar-refractivity contribution in [2.24, 2.45) is 0 Å². The molecular formula is C44H30ClO14S4-3. The normalized spacial score (nSPS) is 15.4. The third-order valence-corrected chi connectivity index (χ3v) is 12.9. The standard InChI is InChI=1S/C44H33ClO14S4/c45-44-34(6-4-28-24-40(30-8-16-36(17-9-30)60-58-56-46)54-41(25-28)31-10-18-37(19-11-31)61-59-57-47)2-1-3-35(44)7-5-29-26-42(32-12-20-38(21-13-32)62(48,49)50)55-43(27-29)33-14-22-39(23-15-33)63(51,52)53/h4-27H,1-3H2,(H3-,46,47,48,49,50,51,52,53)/p-3. The Bertz CT molecular complexity index is 2730. The van der Waals surface area contributed by atoms with E-state index < -0.39 is 30.0 Å². The number of halogens is 1. The van der Waals surface area contributed by atoms with Crippen molar-refractivity contribution in [1.82, 2.24) is 0 Å². The number of hydrogen-bond donors (Lipinski definition) is 0. The Hall–Kier alpha value is -5.16. The molecule has 19 heteroatoms. The molecule has 1 aliphatic heterocycles. The topological polar surface area (TPSA) is 218 Å². The van der Waals surface area contributed by atoms with Crippen LogP contribution in [0.2, 0.25) is 0 Å². The van der Waals surface area contributed by atoms with Crippen LogP contribution >= 0.6 is 35.7 Å².